The van der Waals surface area contributed by atoms with E-state index in [1.165, 1.54) is 0 Å². The van der Waals surface area contributed by atoms with Crippen LogP contribution >= 0.6 is 0 Å². The van der Waals surface area contributed by atoms with E-state index >= 15 is 0 Å². The van der Waals surface area contributed by atoms with Gasteiger partial charge < -0.3 is 10.2 Å². The normalized spacial score (nSPS) is 32.0. The van der Waals surface area contributed by atoms with Crippen LogP contribution in [0.2, 0.25) is 0 Å². The second kappa shape index (κ2) is 2.46. The van der Waals surface area contributed by atoms with Gasteiger partial charge in [-0.15, -0.1) is 0 Å². The lowest BCUT2D eigenvalue weighted by atomic mass is 9.92. The van der Waals surface area contributed by atoms with Gasteiger partial charge in [-0.25, -0.2) is 0 Å². The molecule has 0 aromatic carbocycles. The summed E-state index contributed by atoms with van der Waals surface area (Å²) in [6.45, 7) is 1.89. The summed E-state index contributed by atoms with van der Waals surface area (Å²) >= 11 is 0. The molecular weight excluding hydrogens is 128 g/mol. The number of hydrogen-bond acceptors (Lipinski definition) is 2. The van der Waals surface area contributed by atoms with Gasteiger partial charge in [-0.05, 0) is 12.5 Å². The van der Waals surface area contributed by atoms with Gasteiger partial charge >= 0.3 is 0 Å². The summed E-state index contributed by atoms with van der Waals surface area (Å²) in [4.78, 5) is 0. The number of aliphatic hydroxyl groups is 2. The van der Waals surface area contributed by atoms with Crippen LogP contribution in [0.15, 0.2) is 24.0 Å². The van der Waals surface area contributed by atoms with Crippen molar-refractivity contribution in [2.24, 2.45) is 0 Å². The highest BCUT2D eigenvalue weighted by Crippen LogP contribution is 2.23. The molecule has 0 amide bonds. The SMILES string of the molecule is CCC1(O)C=CC=C(O)C1. The zero-order valence-corrected chi connectivity index (χ0v) is 6.04. The average molecular weight is 140 g/mol. The molecule has 0 aromatic heterocycles. The Morgan fingerprint density at radius 3 is 2.80 bits per heavy atom. The summed E-state index contributed by atoms with van der Waals surface area (Å²) in [6.07, 6.45) is 5.99. The highest BCUT2D eigenvalue weighted by molar-refractivity contribution is 5.20. The van der Waals surface area contributed by atoms with Crippen LogP contribution in [0.4, 0.5) is 0 Å². The zero-order valence-electron chi connectivity index (χ0n) is 6.04. The standard InChI is InChI=1S/C8H12O2/c1-2-8(10)5-3-4-7(9)6-8/h3-5,9-10H,2,6H2,1H3. The quantitative estimate of drug-likeness (QED) is 0.579. The van der Waals surface area contributed by atoms with Crippen LogP contribution in [0.25, 0.3) is 0 Å². The van der Waals surface area contributed by atoms with Gasteiger partial charge in [-0.1, -0.05) is 19.1 Å². The maximum Gasteiger partial charge on any atom is 0.0954 e. The molecular formula is C8H12O2. The van der Waals surface area contributed by atoms with Crippen molar-refractivity contribution in [1.82, 2.24) is 0 Å². The molecule has 0 fully saturated rings. The number of allylic oxidation sites excluding steroid dienone is 2. The van der Waals surface area contributed by atoms with Crippen LogP contribution in [0.3, 0.4) is 0 Å². The lowest BCUT2D eigenvalue weighted by molar-refractivity contribution is 0.0734. The monoisotopic (exact) mass is 140 g/mol. The van der Waals surface area contributed by atoms with Crippen molar-refractivity contribution in [3.05, 3.63) is 24.0 Å². The lowest BCUT2D eigenvalue weighted by Gasteiger charge is -2.24. The van der Waals surface area contributed by atoms with E-state index in [0.29, 0.717) is 12.8 Å². The van der Waals surface area contributed by atoms with Crippen LogP contribution in [0.5, 0.6) is 0 Å². The first kappa shape index (κ1) is 7.35. The summed E-state index contributed by atoms with van der Waals surface area (Å²) < 4.78 is 0. The molecule has 10 heavy (non-hydrogen) atoms. The Hall–Kier alpha value is -0.760. The molecule has 0 aromatic rings. The summed E-state index contributed by atoms with van der Waals surface area (Å²) in [7, 11) is 0. The third-order valence-corrected chi connectivity index (χ3v) is 1.79. The van der Waals surface area contributed by atoms with Crippen LogP contribution < -0.4 is 0 Å². The van der Waals surface area contributed by atoms with Crippen LogP contribution in [-0.2, 0) is 0 Å². The predicted octanol–water partition coefficient (Wildman–Crippen LogP) is 1.53. The molecule has 1 atom stereocenters. The first-order valence-electron chi connectivity index (χ1n) is 3.46. The summed E-state index contributed by atoms with van der Waals surface area (Å²) in [5.41, 5.74) is -0.807. The molecule has 2 nitrogen and oxygen atoms in total. The Kier molecular flexibility index (Phi) is 1.81. The molecule has 56 valence electrons. The number of rotatable bonds is 1. The molecule has 2 N–H and O–H groups in total. The van der Waals surface area contributed by atoms with Gasteiger partial charge in [0.1, 0.15) is 0 Å². The van der Waals surface area contributed by atoms with Crippen LogP contribution in [0, 0.1) is 0 Å². The van der Waals surface area contributed by atoms with E-state index in [1.807, 2.05) is 6.92 Å². The van der Waals surface area contributed by atoms with Gasteiger partial charge in [0, 0.05) is 6.42 Å². The van der Waals surface area contributed by atoms with E-state index in [9.17, 15) is 5.11 Å². The number of aliphatic hydroxyl groups excluding tert-OH is 1. The fourth-order valence-electron chi connectivity index (χ4n) is 1.01. The topological polar surface area (TPSA) is 40.5 Å². The van der Waals surface area contributed by atoms with Gasteiger partial charge in [-0.3, -0.25) is 0 Å². The van der Waals surface area contributed by atoms with Crippen molar-refractivity contribution in [3.63, 3.8) is 0 Å². The van der Waals surface area contributed by atoms with Gasteiger partial charge in [0.2, 0.25) is 0 Å². The second-order valence-electron chi connectivity index (χ2n) is 2.65. The Morgan fingerprint density at radius 1 is 1.70 bits per heavy atom. The van der Waals surface area contributed by atoms with Crippen molar-refractivity contribution in [2.45, 2.75) is 25.4 Å². The lowest BCUT2D eigenvalue weighted by Crippen LogP contribution is -2.26. The van der Waals surface area contributed by atoms with E-state index < -0.39 is 5.60 Å². The zero-order chi connectivity index (χ0) is 7.61. The predicted molar refractivity (Wildman–Crippen MR) is 39.7 cm³/mol. The molecule has 1 rings (SSSR count). The molecule has 0 heterocycles. The molecule has 0 spiro atoms. The first-order valence-corrected chi connectivity index (χ1v) is 3.46. The summed E-state index contributed by atoms with van der Waals surface area (Å²) in [5.74, 6) is 0.256. The maximum absolute atomic E-state index is 9.56. The highest BCUT2D eigenvalue weighted by atomic mass is 16.3. The Bertz CT molecular complexity index is 182. The van der Waals surface area contributed by atoms with E-state index in [4.69, 9.17) is 5.11 Å². The smallest absolute Gasteiger partial charge is 0.0954 e. The van der Waals surface area contributed by atoms with E-state index in [0.717, 1.165) is 0 Å². The van der Waals surface area contributed by atoms with E-state index in [-0.39, 0.29) is 5.76 Å². The Morgan fingerprint density at radius 2 is 2.40 bits per heavy atom. The molecule has 1 unspecified atom stereocenters. The van der Waals surface area contributed by atoms with Gasteiger partial charge in [0.15, 0.2) is 0 Å². The van der Waals surface area contributed by atoms with E-state index in [2.05, 4.69) is 0 Å². The van der Waals surface area contributed by atoms with Crippen molar-refractivity contribution >= 4 is 0 Å². The van der Waals surface area contributed by atoms with Gasteiger partial charge in [0.25, 0.3) is 0 Å². The Labute approximate surface area is 60.5 Å². The minimum atomic E-state index is -0.807. The van der Waals surface area contributed by atoms with Crippen molar-refractivity contribution in [1.29, 1.82) is 0 Å². The molecule has 0 saturated heterocycles. The molecule has 0 saturated carbocycles. The largest absolute Gasteiger partial charge is 0.512 e. The molecule has 1 aliphatic carbocycles. The minimum Gasteiger partial charge on any atom is -0.512 e. The minimum absolute atomic E-state index is 0.256. The molecule has 0 radical (unpaired) electrons. The summed E-state index contributed by atoms with van der Waals surface area (Å²) in [5, 5.41) is 18.6. The maximum atomic E-state index is 9.56. The second-order valence-corrected chi connectivity index (χ2v) is 2.65. The Balaban J connectivity index is 2.71. The highest BCUT2D eigenvalue weighted by Gasteiger charge is 2.24. The average Bonchev–Trinajstić information content (AvgIpc) is 1.88. The van der Waals surface area contributed by atoms with Crippen molar-refractivity contribution in [3.8, 4) is 0 Å². The molecule has 0 bridgehead atoms. The fourth-order valence-corrected chi connectivity index (χ4v) is 1.01. The van der Waals surface area contributed by atoms with Crippen molar-refractivity contribution in [2.75, 3.05) is 0 Å². The van der Waals surface area contributed by atoms with E-state index in [1.54, 1.807) is 18.2 Å². The van der Waals surface area contributed by atoms with Crippen molar-refractivity contribution < 1.29 is 10.2 Å². The molecule has 2 heteroatoms. The van der Waals surface area contributed by atoms with Crippen LogP contribution in [-0.4, -0.2) is 15.8 Å². The van der Waals surface area contributed by atoms with Gasteiger partial charge in [0.05, 0.1) is 11.4 Å². The third-order valence-electron chi connectivity index (χ3n) is 1.79. The molecule has 1 aliphatic rings. The first-order chi connectivity index (χ1) is 4.66. The molecule has 0 aliphatic heterocycles. The number of hydrogen-bond donors (Lipinski definition) is 2. The van der Waals surface area contributed by atoms with Gasteiger partial charge in [-0.2, -0.15) is 0 Å². The third kappa shape index (κ3) is 1.39. The summed E-state index contributed by atoms with van der Waals surface area (Å²) in [6, 6.07) is 0. The fraction of sp³-hybridized carbons (Fsp3) is 0.500. The van der Waals surface area contributed by atoms with Crippen LogP contribution in [0.1, 0.15) is 19.8 Å².